The van der Waals surface area contributed by atoms with Crippen LogP contribution < -0.4 is 9.47 Å². The van der Waals surface area contributed by atoms with Gasteiger partial charge < -0.3 is 9.47 Å². The van der Waals surface area contributed by atoms with Crippen molar-refractivity contribution in [3.63, 3.8) is 0 Å². The number of benzene rings is 3. The second kappa shape index (κ2) is 10.9. The van der Waals surface area contributed by atoms with Crippen LogP contribution in [0.2, 0.25) is 0 Å². The molecule has 8 nitrogen and oxygen atoms in total. The molecule has 1 fully saturated rings. The summed E-state index contributed by atoms with van der Waals surface area (Å²) in [6, 6.07) is 22.0. The first-order valence-corrected chi connectivity index (χ1v) is 11.6. The molecule has 0 saturated carbocycles. The molecule has 178 valence electrons. The Balaban J connectivity index is 1.72. The molecule has 4 rings (SSSR count). The standard InChI is InChI=1S/C26H23N3O5S/c1-33-22-15-19(21(29(31)32)17-23(22)34-2)16-24-25(30)28(14-13-18-9-5-3-6-10-18)26(35-24)27-20-11-7-4-8-12-20/h3-12,15-17H,13-14H2,1-2H3/b24-16+,27-26?. The average Bonchev–Trinajstić information content (AvgIpc) is 3.16. The van der Waals surface area contributed by atoms with Gasteiger partial charge in [-0.05, 0) is 48.0 Å². The van der Waals surface area contributed by atoms with Gasteiger partial charge in [-0.2, -0.15) is 0 Å². The summed E-state index contributed by atoms with van der Waals surface area (Å²) in [6.45, 7) is 0.423. The highest BCUT2D eigenvalue weighted by Crippen LogP contribution is 2.39. The monoisotopic (exact) mass is 489 g/mol. The summed E-state index contributed by atoms with van der Waals surface area (Å²) in [5.74, 6) is 0.312. The lowest BCUT2D eigenvalue weighted by Crippen LogP contribution is -2.31. The number of para-hydroxylation sites is 1. The number of carbonyl (C=O) groups excluding carboxylic acids is 1. The van der Waals surface area contributed by atoms with E-state index in [1.54, 1.807) is 4.90 Å². The lowest BCUT2D eigenvalue weighted by molar-refractivity contribution is -0.385. The summed E-state index contributed by atoms with van der Waals surface area (Å²) in [6.07, 6.45) is 2.15. The molecular weight excluding hydrogens is 466 g/mol. The van der Waals surface area contributed by atoms with Gasteiger partial charge in [-0.1, -0.05) is 48.5 Å². The third-order valence-electron chi connectivity index (χ3n) is 5.35. The van der Waals surface area contributed by atoms with Crippen molar-refractivity contribution in [2.45, 2.75) is 6.42 Å². The predicted molar refractivity (Wildman–Crippen MR) is 137 cm³/mol. The SMILES string of the molecule is COc1cc(/C=C2/SC(=Nc3ccccc3)N(CCc3ccccc3)C2=O)c([N+](=O)[O-])cc1OC. The number of aliphatic imine (C=N–C) groups is 1. The lowest BCUT2D eigenvalue weighted by Gasteiger charge is -2.15. The molecule has 0 spiro atoms. The molecule has 35 heavy (non-hydrogen) atoms. The fourth-order valence-electron chi connectivity index (χ4n) is 3.59. The highest BCUT2D eigenvalue weighted by Gasteiger charge is 2.34. The lowest BCUT2D eigenvalue weighted by atomic mass is 10.1. The molecule has 0 aliphatic carbocycles. The minimum absolute atomic E-state index is 0.187. The van der Waals surface area contributed by atoms with Gasteiger partial charge in [0.05, 0.1) is 41.4 Å². The molecule has 1 amide bonds. The smallest absolute Gasteiger partial charge is 0.280 e. The molecule has 1 heterocycles. The van der Waals surface area contributed by atoms with Crippen LogP contribution in [0.5, 0.6) is 11.5 Å². The third-order valence-corrected chi connectivity index (χ3v) is 6.36. The van der Waals surface area contributed by atoms with Crippen LogP contribution >= 0.6 is 11.8 Å². The number of thioether (sulfide) groups is 1. The fourth-order valence-corrected chi connectivity index (χ4v) is 4.60. The molecule has 3 aromatic carbocycles. The van der Waals surface area contributed by atoms with Crippen LogP contribution in [0.3, 0.4) is 0 Å². The summed E-state index contributed by atoms with van der Waals surface area (Å²) in [5, 5.41) is 12.2. The first-order chi connectivity index (χ1) is 17.0. The van der Waals surface area contributed by atoms with E-state index in [1.807, 2.05) is 60.7 Å². The number of nitrogens with zero attached hydrogens (tertiary/aromatic N) is 3. The van der Waals surface area contributed by atoms with Gasteiger partial charge in [0.2, 0.25) is 0 Å². The van der Waals surface area contributed by atoms with Crippen molar-refractivity contribution in [1.82, 2.24) is 4.90 Å². The van der Waals surface area contributed by atoms with E-state index in [-0.39, 0.29) is 22.9 Å². The van der Waals surface area contributed by atoms with Crippen LogP contribution in [-0.4, -0.2) is 41.7 Å². The highest BCUT2D eigenvalue weighted by atomic mass is 32.2. The number of amides is 1. The second-order valence-electron chi connectivity index (χ2n) is 7.56. The Morgan fingerprint density at radius 2 is 1.63 bits per heavy atom. The minimum atomic E-state index is -0.509. The quantitative estimate of drug-likeness (QED) is 0.237. The molecule has 0 radical (unpaired) electrons. The van der Waals surface area contributed by atoms with Gasteiger partial charge >= 0.3 is 0 Å². The van der Waals surface area contributed by atoms with Gasteiger partial charge in [0.15, 0.2) is 16.7 Å². The largest absolute Gasteiger partial charge is 0.493 e. The third kappa shape index (κ3) is 5.52. The van der Waals surface area contributed by atoms with E-state index < -0.39 is 4.92 Å². The number of nitro benzene ring substituents is 1. The van der Waals surface area contributed by atoms with E-state index in [0.717, 1.165) is 5.56 Å². The molecule has 1 aliphatic rings. The van der Waals surface area contributed by atoms with Gasteiger partial charge in [0.1, 0.15) is 0 Å². The molecule has 0 unspecified atom stereocenters. The molecule has 9 heteroatoms. The van der Waals surface area contributed by atoms with Crippen molar-refractivity contribution in [2.24, 2.45) is 4.99 Å². The van der Waals surface area contributed by atoms with E-state index in [1.165, 1.54) is 44.2 Å². The maximum atomic E-state index is 13.4. The summed E-state index contributed by atoms with van der Waals surface area (Å²) in [5.41, 5.74) is 1.86. The van der Waals surface area contributed by atoms with Crippen molar-refractivity contribution >= 4 is 40.3 Å². The normalized spacial score (nSPS) is 15.6. The summed E-state index contributed by atoms with van der Waals surface area (Å²) in [4.78, 5) is 31.3. The Bertz CT molecular complexity index is 1290. The van der Waals surface area contributed by atoms with E-state index in [0.29, 0.717) is 34.5 Å². The van der Waals surface area contributed by atoms with Gasteiger partial charge in [-0.25, -0.2) is 4.99 Å². The van der Waals surface area contributed by atoms with E-state index >= 15 is 0 Å². The topological polar surface area (TPSA) is 94.3 Å². The number of hydrogen-bond donors (Lipinski definition) is 0. The van der Waals surface area contributed by atoms with Crippen molar-refractivity contribution in [1.29, 1.82) is 0 Å². The number of ether oxygens (including phenoxy) is 2. The molecule has 3 aromatic rings. The number of rotatable bonds is 8. The van der Waals surface area contributed by atoms with Crippen LogP contribution in [0.25, 0.3) is 6.08 Å². The Morgan fingerprint density at radius 3 is 2.26 bits per heavy atom. The van der Waals surface area contributed by atoms with Crippen LogP contribution in [-0.2, 0) is 11.2 Å². The average molecular weight is 490 g/mol. The minimum Gasteiger partial charge on any atom is -0.493 e. The summed E-state index contributed by atoms with van der Waals surface area (Å²) in [7, 11) is 2.86. The number of methoxy groups -OCH3 is 2. The molecule has 0 atom stereocenters. The maximum absolute atomic E-state index is 13.4. The Hall–Kier alpha value is -4.11. The van der Waals surface area contributed by atoms with Gasteiger partial charge in [-0.3, -0.25) is 19.8 Å². The summed E-state index contributed by atoms with van der Waals surface area (Å²) < 4.78 is 10.5. The number of hydrogen-bond acceptors (Lipinski definition) is 7. The van der Waals surface area contributed by atoms with Gasteiger partial charge in [0.25, 0.3) is 11.6 Å². The van der Waals surface area contributed by atoms with Crippen molar-refractivity contribution in [3.8, 4) is 11.5 Å². The van der Waals surface area contributed by atoms with Crippen LogP contribution in [0.15, 0.2) is 82.7 Å². The first-order valence-electron chi connectivity index (χ1n) is 10.8. The van der Waals surface area contributed by atoms with Crippen LogP contribution in [0.1, 0.15) is 11.1 Å². The highest BCUT2D eigenvalue weighted by molar-refractivity contribution is 8.18. The van der Waals surface area contributed by atoms with Crippen molar-refractivity contribution in [2.75, 3.05) is 20.8 Å². The molecule has 0 bridgehead atoms. The van der Waals surface area contributed by atoms with Gasteiger partial charge in [-0.15, -0.1) is 0 Å². The zero-order valence-electron chi connectivity index (χ0n) is 19.2. The first kappa shape index (κ1) is 24.0. The predicted octanol–water partition coefficient (Wildman–Crippen LogP) is 5.46. The van der Waals surface area contributed by atoms with Crippen molar-refractivity contribution in [3.05, 3.63) is 98.9 Å². The van der Waals surface area contributed by atoms with Gasteiger partial charge in [0, 0.05) is 6.54 Å². The Labute approximate surface area is 207 Å². The van der Waals surface area contributed by atoms with Crippen LogP contribution in [0, 0.1) is 10.1 Å². The van der Waals surface area contributed by atoms with E-state index in [4.69, 9.17) is 9.47 Å². The Kier molecular flexibility index (Phi) is 7.47. The second-order valence-corrected chi connectivity index (χ2v) is 8.57. The zero-order valence-corrected chi connectivity index (χ0v) is 20.0. The zero-order chi connectivity index (χ0) is 24.8. The molecule has 0 aromatic heterocycles. The maximum Gasteiger partial charge on any atom is 0.280 e. The number of amidine groups is 1. The molecule has 0 N–H and O–H groups in total. The molecule has 1 saturated heterocycles. The van der Waals surface area contributed by atoms with E-state index in [9.17, 15) is 14.9 Å². The Morgan fingerprint density at radius 1 is 1.00 bits per heavy atom. The number of nitro groups is 1. The summed E-state index contributed by atoms with van der Waals surface area (Å²) >= 11 is 1.19. The number of carbonyl (C=O) groups is 1. The molecule has 1 aliphatic heterocycles. The molecular formula is C26H23N3O5S. The van der Waals surface area contributed by atoms with E-state index in [2.05, 4.69) is 4.99 Å². The van der Waals surface area contributed by atoms with Crippen LogP contribution in [0.4, 0.5) is 11.4 Å². The fraction of sp³-hybridized carbons (Fsp3) is 0.154. The van der Waals surface area contributed by atoms with Crippen molar-refractivity contribution < 1.29 is 19.2 Å².